The Hall–Kier alpha value is -0.600. The summed E-state index contributed by atoms with van der Waals surface area (Å²) in [5.41, 5.74) is -0.147. The molecular formula is C12H20O2. The lowest BCUT2D eigenvalue weighted by Gasteiger charge is -2.35. The van der Waals surface area contributed by atoms with Crippen LogP contribution in [0.15, 0.2) is 24.8 Å². The molecule has 0 saturated carbocycles. The average molecular weight is 196 g/mol. The van der Waals surface area contributed by atoms with E-state index >= 15 is 0 Å². The Morgan fingerprint density at radius 2 is 2.14 bits per heavy atom. The molecule has 0 bridgehead atoms. The van der Waals surface area contributed by atoms with Gasteiger partial charge < -0.3 is 9.47 Å². The number of rotatable bonds is 5. The first-order valence-corrected chi connectivity index (χ1v) is 5.30. The molecule has 0 spiro atoms. The minimum Gasteiger partial charge on any atom is -0.376 e. The summed E-state index contributed by atoms with van der Waals surface area (Å²) in [5.74, 6) is 0. The zero-order valence-corrected chi connectivity index (χ0v) is 9.00. The van der Waals surface area contributed by atoms with Gasteiger partial charge in [-0.05, 0) is 19.3 Å². The Balaban J connectivity index is 2.50. The SMILES string of the molecule is C=CCC1(CC=CCC)COCCO1. The van der Waals surface area contributed by atoms with Gasteiger partial charge in [0.25, 0.3) is 0 Å². The van der Waals surface area contributed by atoms with Crippen LogP contribution in [0.3, 0.4) is 0 Å². The second-order valence-electron chi connectivity index (χ2n) is 3.66. The van der Waals surface area contributed by atoms with Gasteiger partial charge in [0.15, 0.2) is 0 Å². The van der Waals surface area contributed by atoms with Gasteiger partial charge >= 0.3 is 0 Å². The van der Waals surface area contributed by atoms with Crippen molar-refractivity contribution in [2.45, 2.75) is 31.8 Å². The van der Waals surface area contributed by atoms with Crippen molar-refractivity contribution in [3.05, 3.63) is 24.8 Å². The Morgan fingerprint density at radius 1 is 1.29 bits per heavy atom. The third kappa shape index (κ3) is 3.28. The summed E-state index contributed by atoms with van der Waals surface area (Å²) in [6.45, 7) is 8.01. The molecule has 0 aromatic carbocycles. The van der Waals surface area contributed by atoms with Gasteiger partial charge in [0.1, 0.15) is 0 Å². The lowest BCUT2D eigenvalue weighted by molar-refractivity contribution is -0.153. The monoisotopic (exact) mass is 196 g/mol. The fourth-order valence-corrected chi connectivity index (χ4v) is 1.66. The molecule has 2 nitrogen and oxygen atoms in total. The van der Waals surface area contributed by atoms with Gasteiger partial charge in [-0.2, -0.15) is 0 Å². The third-order valence-electron chi connectivity index (χ3n) is 2.41. The minimum atomic E-state index is -0.147. The Kier molecular flexibility index (Phi) is 4.91. The van der Waals surface area contributed by atoms with Crippen LogP contribution in [0.4, 0.5) is 0 Å². The standard InChI is InChI=1S/C12H20O2/c1-3-5-6-8-12(7-4-2)11-13-9-10-14-12/h4-6H,2-3,7-11H2,1H3. The maximum Gasteiger partial charge on any atom is 0.0984 e. The van der Waals surface area contributed by atoms with E-state index in [0.717, 1.165) is 25.9 Å². The summed E-state index contributed by atoms with van der Waals surface area (Å²) < 4.78 is 11.3. The normalized spacial score (nSPS) is 28.1. The number of allylic oxidation sites excluding steroid dienone is 1. The quantitative estimate of drug-likeness (QED) is 0.629. The van der Waals surface area contributed by atoms with Crippen molar-refractivity contribution in [1.82, 2.24) is 0 Å². The van der Waals surface area contributed by atoms with Gasteiger partial charge in [-0.25, -0.2) is 0 Å². The van der Waals surface area contributed by atoms with Crippen molar-refractivity contribution in [3.8, 4) is 0 Å². The predicted octanol–water partition coefficient (Wildman–Crippen LogP) is 2.70. The summed E-state index contributed by atoms with van der Waals surface area (Å²) >= 11 is 0. The van der Waals surface area contributed by atoms with E-state index in [-0.39, 0.29) is 5.60 Å². The van der Waals surface area contributed by atoms with Gasteiger partial charge in [0.2, 0.25) is 0 Å². The van der Waals surface area contributed by atoms with Crippen LogP contribution in [0.2, 0.25) is 0 Å². The van der Waals surface area contributed by atoms with Gasteiger partial charge in [0, 0.05) is 0 Å². The fraction of sp³-hybridized carbons (Fsp3) is 0.667. The average Bonchev–Trinajstić information content (AvgIpc) is 2.20. The maximum atomic E-state index is 5.81. The smallest absolute Gasteiger partial charge is 0.0984 e. The molecule has 0 aromatic heterocycles. The van der Waals surface area contributed by atoms with Crippen LogP contribution < -0.4 is 0 Å². The van der Waals surface area contributed by atoms with Crippen molar-refractivity contribution in [2.24, 2.45) is 0 Å². The molecule has 1 aliphatic rings. The van der Waals surface area contributed by atoms with E-state index in [1.54, 1.807) is 0 Å². The molecule has 1 saturated heterocycles. The second kappa shape index (κ2) is 5.99. The van der Waals surface area contributed by atoms with Crippen LogP contribution in [0.5, 0.6) is 0 Å². The molecule has 0 amide bonds. The molecule has 2 heteroatoms. The maximum absolute atomic E-state index is 5.81. The van der Waals surface area contributed by atoms with Crippen LogP contribution in [-0.2, 0) is 9.47 Å². The molecule has 14 heavy (non-hydrogen) atoms. The highest BCUT2D eigenvalue weighted by molar-refractivity contribution is 4.97. The van der Waals surface area contributed by atoms with E-state index in [0.29, 0.717) is 13.2 Å². The third-order valence-corrected chi connectivity index (χ3v) is 2.41. The van der Waals surface area contributed by atoms with Crippen molar-refractivity contribution in [2.75, 3.05) is 19.8 Å². The highest BCUT2D eigenvalue weighted by Gasteiger charge is 2.31. The van der Waals surface area contributed by atoms with Crippen molar-refractivity contribution < 1.29 is 9.47 Å². The molecule has 0 aliphatic carbocycles. The first kappa shape index (κ1) is 11.5. The molecule has 0 radical (unpaired) electrons. The van der Waals surface area contributed by atoms with E-state index in [1.165, 1.54) is 0 Å². The lowest BCUT2D eigenvalue weighted by Crippen LogP contribution is -2.42. The van der Waals surface area contributed by atoms with Crippen molar-refractivity contribution in [1.29, 1.82) is 0 Å². The molecule has 1 heterocycles. The van der Waals surface area contributed by atoms with E-state index in [1.807, 2.05) is 6.08 Å². The van der Waals surface area contributed by atoms with Crippen LogP contribution in [0, 0.1) is 0 Å². The Labute approximate surface area is 86.6 Å². The molecule has 1 atom stereocenters. The summed E-state index contributed by atoms with van der Waals surface area (Å²) in [7, 11) is 0. The molecule has 0 N–H and O–H groups in total. The highest BCUT2D eigenvalue weighted by Crippen LogP contribution is 2.25. The minimum absolute atomic E-state index is 0.147. The molecular weight excluding hydrogens is 176 g/mol. The van der Waals surface area contributed by atoms with E-state index < -0.39 is 0 Å². The van der Waals surface area contributed by atoms with Crippen LogP contribution in [0.25, 0.3) is 0 Å². The topological polar surface area (TPSA) is 18.5 Å². The zero-order valence-electron chi connectivity index (χ0n) is 9.00. The highest BCUT2D eigenvalue weighted by atomic mass is 16.6. The second-order valence-corrected chi connectivity index (χ2v) is 3.66. The van der Waals surface area contributed by atoms with Crippen molar-refractivity contribution >= 4 is 0 Å². The summed E-state index contributed by atoms with van der Waals surface area (Å²) in [6.07, 6.45) is 9.12. The summed E-state index contributed by atoms with van der Waals surface area (Å²) in [5, 5.41) is 0. The molecule has 0 aromatic rings. The summed E-state index contributed by atoms with van der Waals surface area (Å²) in [4.78, 5) is 0. The first-order chi connectivity index (χ1) is 6.83. The largest absolute Gasteiger partial charge is 0.376 e. The van der Waals surface area contributed by atoms with E-state index in [4.69, 9.17) is 9.47 Å². The summed E-state index contributed by atoms with van der Waals surface area (Å²) in [6, 6.07) is 0. The number of hydrogen-bond acceptors (Lipinski definition) is 2. The number of hydrogen-bond donors (Lipinski definition) is 0. The predicted molar refractivity (Wildman–Crippen MR) is 58.4 cm³/mol. The fourth-order valence-electron chi connectivity index (χ4n) is 1.66. The molecule has 1 fully saturated rings. The van der Waals surface area contributed by atoms with Gasteiger partial charge in [0.05, 0.1) is 25.4 Å². The van der Waals surface area contributed by atoms with Crippen LogP contribution in [0.1, 0.15) is 26.2 Å². The van der Waals surface area contributed by atoms with Crippen LogP contribution >= 0.6 is 0 Å². The first-order valence-electron chi connectivity index (χ1n) is 5.30. The van der Waals surface area contributed by atoms with Gasteiger partial charge in [-0.15, -0.1) is 6.58 Å². The van der Waals surface area contributed by atoms with Gasteiger partial charge in [-0.3, -0.25) is 0 Å². The van der Waals surface area contributed by atoms with E-state index in [9.17, 15) is 0 Å². The van der Waals surface area contributed by atoms with Crippen molar-refractivity contribution in [3.63, 3.8) is 0 Å². The molecule has 1 aliphatic heterocycles. The molecule has 80 valence electrons. The van der Waals surface area contributed by atoms with Gasteiger partial charge in [-0.1, -0.05) is 25.2 Å². The zero-order chi connectivity index (χ0) is 10.3. The number of ether oxygens (including phenoxy) is 2. The van der Waals surface area contributed by atoms with Crippen LogP contribution in [-0.4, -0.2) is 25.4 Å². The molecule has 1 rings (SSSR count). The Bertz CT molecular complexity index is 190. The molecule has 1 unspecified atom stereocenters. The lowest BCUT2D eigenvalue weighted by atomic mass is 9.95. The Morgan fingerprint density at radius 3 is 2.71 bits per heavy atom. The van der Waals surface area contributed by atoms with E-state index in [2.05, 4.69) is 25.7 Å².